The van der Waals surface area contributed by atoms with Gasteiger partial charge < -0.3 is 15.2 Å². The number of hydrogen-bond acceptors (Lipinski definition) is 3. The Labute approximate surface area is 116 Å². The summed E-state index contributed by atoms with van der Waals surface area (Å²) in [6.45, 7) is 3.41. The number of ether oxygens (including phenoxy) is 1. The molecule has 0 radical (unpaired) electrons. The molecule has 1 aromatic rings. The normalized spacial score (nSPS) is 10.8. The molecule has 0 aromatic heterocycles. The second kappa shape index (κ2) is 7.28. The van der Waals surface area contributed by atoms with Crippen molar-refractivity contribution in [3.05, 3.63) is 35.7 Å². The van der Waals surface area contributed by atoms with E-state index in [9.17, 15) is 14.0 Å². The Morgan fingerprint density at radius 1 is 1.45 bits per heavy atom. The quantitative estimate of drug-likeness (QED) is 0.780. The minimum Gasteiger partial charge on any atom is -0.483 e. The van der Waals surface area contributed by atoms with Crippen molar-refractivity contribution in [3.63, 3.8) is 0 Å². The summed E-state index contributed by atoms with van der Waals surface area (Å²) in [5.41, 5.74) is 0.254. The van der Waals surface area contributed by atoms with Crippen LogP contribution in [-0.2, 0) is 9.59 Å². The fourth-order valence-corrected chi connectivity index (χ4v) is 1.45. The third kappa shape index (κ3) is 5.51. The highest BCUT2D eigenvalue weighted by Gasteiger charge is 2.08. The third-order valence-corrected chi connectivity index (χ3v) is 2.19. The van der Waals surface area contributed by atoms with Gasteiger partial charge in [-0.25, -0.2) is 9.18 Å². The summed E-state index contributed by atoms with van der Waals surface area (Å²) in [4.78, 5) is 21.9. The van der Waals surface area contributed by atoms with Crippen LogP contribution in [0.25, 0.3) is 6.08 Å². The van der Waals surface area contributed by atoms with Crippen LogP contribution in [-0.4, -0.2) is 29.6 Å². The molecule has 2 N–H and O–H groups in total. The fourth-order valence-electron chi connectivity index (χ4n) is 1.45. The Kier molecular flexibility index (Phi) is 5.71. The van der Waals surface area contributed by atoms with Gasteiger partial charge in [0.2, 0.25) is 0 Å². The Hall–Kier alpha value is -2.37. The first-order chi connectivity index (χ1) is 9.38. The second-order valence-corrected chi connectivity index (χ2v) is 4.36. The molecule has 0 aliphatic rings. The lowest BCUT2D eigenvalue weighted by atomic mass is 10.2. The van der Waals surface area contributed by atoms with Crippen LogP contribution in [0.5, 0.6) is 5.75 Å². The Morgan fingerprint density at radius 2 is 2.15 bits per heavy atom. The molecule has 6 heteroatoms. The molecule has 0 aliphatic carbocycles. The van der Waals surface area contributed by atoms with Crippen molar-refractivity contribution in [1.29, 1.82) is 0 Å². The van der Waals surface area contributed by atoms with Gasteiger partial charge in [-0.2, -0.15) is 0 Å². The van der Waals surface area contributed by atoms with Gasteiger partial charge in [0.1, 0.15) is 11.6 Å². The number of benzene rings is 1. The highest BCUT2D eigenvalue weighted by molar-refractivity contribution is 5.86. The zero-order valence-corrected chi connectivity index (χ0v) is 11.2. The van der Waals surface area contributed by atoms with Gasteiger partial charge in [-0.05, 0) is 38.1 Å². The molecule has 20 heavy (non-hydrogen) atoms. The molecular weight excluding hydrogens is 265 g/mol. The molecule has 1 rings (SSSR count). The number of carbonyl (C=O) groups is 2. The van der Waals surface area contributed by atoms with Gasteiger partial charge in [0.05, 0.1) is 0 Å². The molecule has 1 amide bonds. The monoisotopic (exact) mass is 281 g/mol. The molecule has 0 atom stereocenters. The van der Waals surface area contributed by atoms with Gasteiger partial charge in [-0.1, -0.05) is 0 Å². The van der Waals surface area contributed by atoms with Gasteiger partial charge in [0.25, 0.3) is 5.91 Å². The number of rotatable bonds is 6. The molecule has 0 bridgehead atoms. The van der Waals surface area contributed by atoms with Crippen LogP contribution >= 0.6 is 0 Å². The van der Waals surface area contributed by atoms with E-state index < -0.39 is 11.8 Å². The first-order valence-corrected chi connectivity index (χ1v) is 6.01. The predicted molar refractivity (Wildman–Crippen MR) is 71.8 cm³/mol. The van der Waals surface area contributed by atoms with Crippen LogP contribution in [0, 0.1) is 5.82 Å². The van der Waals surface area contributed by atoms with E-state index >= 15 is 0 Å². The Bertz CT molecular complexity index is 526. The minimum atomic E-state index is -1.15. The maximum Gasteiger partial charge on any atom is 0.328 e. The molecule has 1 aromatic carbocycles. The molecule has 0 unspecified atom stereocenters. The number of amides is 1. The van der Waals surface area contributed by atoms with E-state index in [0.717, 1.165) is 12.1 Å². The summed E-state index contributed by atoms with van der Waals surface area (Å²) in [7, 11) is 0. The first kappa shape index (κ1) is 15.7. The SMILES string of the molecule is CC(C)NC(=O)COc1ccc(F)cc1/C=C/C(=O)O. The topological polar surface area (TPSA) is 75.6 Å². The van der Waals surface area contributed by atoms with E-state index in [1.165, 1.54) is 18.2 Å². The van der Waals surface area contributed by atoms with Crippen molar-refractivity contribution in [2.24, 2.45) is 0 Å². The summed E-state index contributed by atoms with van der Waals surface area (Å²) in [5.74, 6) is -1.74. The third-order valence-electron chi connectivity index (χ3n) is 2.19. The molecular formula is C14H16FNO4. The lowest BCUT2D eigenvalue weighted by Crippen LogP contribution is -2.34. The van der Waals surface area contributed by atoms with E-state index in [-0.39, 0.29) is 29.9 Å². The maximum atomic E-state index is 13.1. The number of carbonyl (C=O) groups excluding carboxylic acids is 1. The molecule has 0 fully saturated rings. The highest BCUT2D eigenvalue weighted by atomic mass is 19.1. The fraction of sp³-hybridized carbons (Fsp3) is 0.286. The van der Waals surface area contributed by atoms with Crippen molar-refractivity contribution in [3.8, 4) is 5.75 Å². The molecule has 108 valence electrons. The number of halogens is 1. The number of nitrogens with one attached hydrogen (secondary N) is 1. The van der Waals surface area contributed by atoms with E-state index in [0.29, 0.717) is 0 Å². The number of aliphatic carboxylic acids is 1. The van der Waals surface area contributed by atoms with Crippen molar-refractivity contribution in [1.82, 2.24) is 5.32 Å². The molecule has 0 aliphatic heterocycles. The molecule has 0 saturated heterocycles. The average molecular weight is 281 g/mol. The maximum absolute atomic E-state index is 13.1. The lowest BCUT2D eigenvalue weighted by Gasteiger charge is -2.11. The second-order valence-electron chi connectivity index (χ2n) is 4.36. The van der Waals surface area contributed by atoms with Gasteiger partial charge in [0.15, 0.2) is 6.61 Å². The zero-order valence-electron chi connectivity index (χ0n) is 11.2. The molecule has 0 heterocycles. The van der Waals surface area contributed by atoms with Crippen molar-refractivity contribution in [2.75, 3.05) is 6.61 Å². The van der Waals surface area contributed by atoms with Gasteiger partial charge in [-0.3, -0.25) is 4.79 Å². The Morgan fingerprint density at radius 3 is 2.75 bits per heavy atom. The van der Waals surface area contributed by atoms with E-state index in [1.807, 2.05) is 13.8 Å². The van der Waals surface area contributed by atoms with E-state index in [4.69, 9.17) is 9.84 Å². The summed E-state index contributed by atoms with van der Waals surface area (Å²) < 4.78 is 18.4. The number of hydrogen-bond donors (Lipinski definition) is 2. The van der Waals surface area contributed by atoms with Crippen molar-refractivity contribution in [2.45, 2.75) is 19.9 Å². The van der Waals surface area contributed by atoms with Crippen molar-refractivity contribution < 1.29 is 23.8 Å². The predicted octanol–water partition coefficient (Wildman–Crippen LogP) is 1.83. The smallest absolute Gasteiger partial charge is 0.328 e. The summed E-state index contributed by atoms with van der Waals surface area (Å²) in [6, 6.07) is 3.65. The molecule has 5 nitrogen and oxygen atoms in total. The van der Waals surface area contributed by atoms with Crippen LogP contribution in [0.4, 0.5) is 4.39 Å². The standard InChI is InChI=1S/C14H16FNO4/c1-9(2)16-13(17)8-20-12-5-4-11(15)7-10(12)3-6-14(18)19/h3-7,9H,8H2,1-2H3,(H,16,17)(H,18,19)/b6-3+. The summed E-state index contributed by atoms with van der Waals surface area (Å²) in [6.07, 6.45) is 2.08. The van der Waals surface area contributed by atoms with Gasteiger partial charge in [0, 0.05) is 17.7 Å². The minimum absolute atomic E-state index is 0.00862. The summed E-state index contributed by atoms with van der Waals surface area (Å²) >= 11 is 0. The lowest BCUT2D eigenvalue weighted by molar-refractivity contribution is -0.131. The van der Waals surface area contributed by atoms with Crippen LogP contribution < -0.4 is 10.1 Å². The molecule has 0 spiro atoms. The van der Waals surface area contributed by atoms with Crippen LogP contribution in [0.3, 0.4) is 0 Å². The zero-order chi connectivity index (χ0) is 15.1. The van der Waals surface area contributed by atoms with E-state index in [2.05, 4.69) is 5.32 Å². The summed E-state index contributed by atoms with van der Waals surface area (Å²) in [5, 5.41) is 11.2. The van der Waals surface area contributed by atoms with Gasteiger partial charge in [-0.15, -0.1) is 0 Å². The van der Waals surface area contributed by atoms with Crippen LogP contribution in [0.1, 0.15) is 19.4 Å². The first-order valence-electron chi connectivity index (χ1n) is 6.01. The van der Waals surface area contributed by atoms with Crippen LogP contribution in [0.15, 0.2) is 24.3 Å². The van der Waals surface area contributed by atoms with E-state index in [1.54, 1.807) is 0 Å². The number of carboxylic acid groups (broad SMARTS) is 1. The highest BCUT2D eigenvalue weighted by Crippen LogP contribution is 2.21. The average Bonchev–Trinajstić information content (AvgIpc) is 2.34. The molecule has 0 saturated carbocycles. The van der Waals surface area contributed by atoms with Crippen molar-refractivity contribution >= 4 is 18.0 Å². The van der Waals surface area contributed by atoms with Gasteiger partial charge >= 0.3 is 5.97 Å². The number of carboxylic acids is 1. The van der Waals surface area contributed by atoms with Crippen LogP contribution in [0.2, 0.25) is 0 Å². The largest absolute Gasteiger partial charge is 0.483 e. The Balaban J connectivity index is 2.78.